The zero-order chi connectivity index (χ0) is 25.5. The van der Waals surface area contributed by atoms with Gasteiger partial charge in [0, 0.05) is 44.4 Å². The van der Waals surface area contributed by atoms with Gasteiger partial charge in [-0.15, -0.1) is 0 Å². The third-order valence-corrected chi connectivity index (χ3v) is 6.04. The SMILES string of the molecule is CSCCC(Oc1nc(SC)nc(Oc2cc(C3=NCCN3)cc(N(C)C)c2)c1[N+](=O)[O-])C(=O)O. The Morgan fingerprint density at radius 1 is 1.29 bits per heavy atom. The summed E-state index contributed by atoms with van der Waals surface area (Å²) in [6.07, 6.45) is 2.35. The normalized spacial score (nSPS) is 13.5. The van der Waals surface area contributed by atoms with Gasteiger partial charge in [-0.05, 0) is 30.4 Å². The number of aromatic nitrogens is 2. The van der Waals surface area contributed by atoms with Crippen LogP contribution >= 0.6 is 23.5 Å². The minimum absolute atomic E-state index is 0.139. The minimum Gasteiger partial charge on any atom is -0.479 e. The fraction of sp³-hybridized carbons (Fsp3) is 0.429. The fourth-order valence-corrected chi connectivity index (χ4v) is 3.93. The van der Waals surface area contributed by atoms with Crippen LogP contribution in [0.1, 0.15) is 12.0 Å². The molecule has 35 heavy (non-hydrogen) atoms. The van der Waals surface area contributed by atoms with Gasteiger partial charge in [0.1, 0.15) is 11.6 Å². The highest BCUT2D eigenvalue weighted by molar-refractivity contribution is 7.98. The van der Waals surface area contributed by atoms with E-state index in [1.54, 1.807) is 18.4 Å². The molecule has 1 atom stereocenters. The predicted molar refractivity (Wildman–Crippen MR) is 136 cm³/mol. The summed E-state index contributed by atoms with van der Waals surface area (Å²) in [5, 5.41) is 24.9. The Bertz CT molecular complexity index is 1130. The average molecular weight is 523 g/mol. The van der Waals surface area contributed by atoms with E-state index < -0.39 is 28.6 Å². The highest BCUT2D eigenvalue weighted by Gasteiger charge is 2.32. The highest BCUT2D eigenvalue weighted by Crippen LogP contribution is 2.39. The quantitative estimate of drug-likeness (QED) is 0.182. The maximum atomic E-state index is 12.0. The number of amidine groups is 1. The lowest BCUT2D eigenvalue weighted by molar-refractivity contribution is -0.387. The van der Waals surface area contributed by atoms with Crippen molar-refractivity contribution < 1.29 is 24.3 Å². The molecular formula is C21H26N6O6S2. The molecular weight excluding hydrogens is 496 g/mol. The molecule has 0 saturated heterocycles. The lowest BCUT2D eigenvalue weighted by Crippen LogP contribution is -2.28. The van der Waals surface area contributed by atoms with Crippen LogP contribution in [0.15, 0.2) is 28.3 Å². The number of thioether (sulfide) groups is 2. The van der Waals surface area contributed by atoms with Crippen LogP contribution in [0.25, 0.3) is 0 Å². The van der Waals surface area contributed by atoms with Crippen LogP contribution in [0.5, 0.6) is 17.5 Å². The summed E-state index contributed by atoms with van der Waals surface area (Å²) in [4.78, 5) is 37.5. The van der Waals surface area contributed by atoms with Crippen molar-refractivity contribution in [3.05, 3.63) is 33.9 Å². The molecule has 188 valence electrons. The van der Waals surface area contributed by atoms with Crippen LogP contribution in [-0.4, -0.2) is 83.4 Å². The van der Waals surface area contributed by atoms with Gasteiger partial charge in [-0.2, -0.15) is 21.7 Å². The summed E-state index contributed by atoms with van der Waals surface area (Å²) < 4.78 is 11.4. The van der Waals surface area contributed by atoms with Crippen LogP contribution < -0.4 is 19.7 Å². The molecule has 3 rings (SSSR count). The topological polar surface area (TPSA) is 152 Å². The van der Waals surface area contributed by atoms with Crippen molar-refractivity contribution in [1.29, 1.82) is 0 Å². The Morgan fingerprint density at radius 3 is 2.60 bits per heavy atom. The number of ether oxygens (including phenoxy) is 2. The Labute approximate surface area is 210 Å². The molecule has 1 unspecified atom stereocenters. The number of anilines is 1. The van der Waals surface area contributed by atoms with Crippen molar-refractivity contribution in [3.8, 4) is 17.5 Å². The smallest absolute Gasteiger partial charge is 0.392 e. The Hall–Kier alpha value is -3.26. The lowest BCUT2D eigenvalue weighted by Gasteiger charge is -2.17. The van der Waals surface area contributed by atoms with E-state index in [1.165, 1.54) is 11.8 Å². The van der Waals surface area contributed by atoms with E-state index >= 15 is 0 Å². The van der Waals surface area contributed by atoms with Crippen molar-refractivity contribution >= 4 is 46.7 Å². The number of hydrogen-bond donors (Lipinski definition) is 2. The number of aliphatic imine (C=N–C) groups is 1. The Balaban J connectivity index is 2.07. The van der Waals surface area contributed by atoms with Crippen molar-refractivity contribution in [2.75, 3.05) is 50.3 Å². The van der Waals surface area contributed by atoms with Gasteiger partial charge in [0.05, 0.1) is 11.5 Å². The van der Waals surface area contributed by atoms with E-state index in [0.717, 1.165) is 23.0 Å². The molecule has 1 aliphatic heterocycles. The number of hydrogen-bond acceptors (Lipinski definition) is 12. The van der Waals surface area contributed by atoms with Gasteiger partial charge in [-0.3, -0.25) is 15.1 Å². The number of aliphatic carboxylic acids is 1. The number of carboxylic acids is 1. The van der Waals surface area contributed by atoms with Crippen molar-refractivity contribution in [2.45, 2.75) is 17.7 Å². The first-order chi connectivity index (χ1) is 16.7. The largest absolute Gasteiger partial charge is 0.479 e. The molecule has 14 heteroatoms. The van der Waals surface area contributed by atoms with Gasteiger partial charge >= 0.3 is 23.4 Å². The maximum absolute atomic E-state index is 12.0. The van der Waals surface area contributed by atoms with E-state index in [1.807, 2.05) is 31.3 Å². The van der Waals surface area contributed by atoms with E-state index in [-0.39, 0.29) is 17.5 Å². The highest BCUT2D eigenvalue weighted by atomic mass is 32.2. The summed E-state index contributed by atoms with van der Waals surface area (Å²) in [5.74, 6) is -0.562. The molecule has 2 aromatic rings. The van der Waals surface area contributed by atoms with Gasteiger partial charge < -0.3 is 24.8 Å². The standard InChI is InChI=1S/C21H26N6O6S2/c1-26(2)13-9-12(17-22-6-7-23-17)10-14(11-13)32-18-16(27(30)31)19(25-21(24-18)35-4)33-15(20(28)29)5-8-34-3/h9-11,15H,5-8H2,1-4H3,(H,22,23)(H,28,29). The third-order valence-electron chi connectivity index (χ3n) is 4.85. The number of benzene rings is 1. The Morgan fingerprint density at radius 2 is 2.03 bits per heavy atom. The lowest BCUT2D eigenvalue weighted by atomic mass is 10.1. The second kappa shape index (κ2) is 11.9. The van der Waals surface area contributed by atoms with Crippen molar-refractivity contribution in [1.82, 2.24) is 15.3 Å². The molecule has 2 N–H and O–H groups in total. The van der Waals surface area contributed by atoms with Crippen LogP contribution in [0.4, 0.5) is 11.4 Å². The number of nitrogens with one attached hydrogen (secondary N) is 1. The second-order valence-corrected chi connectivity index (χ2v) is 9.28. The molecule has 1 aromatic heterocycles. The van der Waals surface area contributed by atoms with Crippen molar-refractivity contribution in [3.63, 3.8) is 0 Å². The molecule has 0 fully saturated rings. The third kappa shape index (κ3) is 6.66. The molecule has 1 aromatic carbocycles. The first-order valence-corrected chi connectivity index (χ1v) is 13.1. The van der Waals surface area contributed by atoms with Crippen LogP contribution in [-0.2, 0) is 4.79 Å². The zero-order valence-electron chi connectivity index (χ0n) is 19.7. The van der Waals surface area contributed by atoms with Crippen LogP contribution in [0, 0.1) is 10.1 Å². The predicted octanol–water partition coefficient (Wildman–Crippen LogP) is 2.90. The zero-order valence-corrected chi connectivity index (χ0v) is 21.3. The fourth-order valence-electron chi connectivity index (χ4n) is 3.13. The molecule has 0 spiro atoms. The van der Waals surface area contributed by atoms with E-state index in [4.69, 9.17) is 9.47 Å². The molecule has 0 saturated carbocycles. The van der Waals surface area contributed by atoms with Crippen molar-refractivity contribution in [2.24, 2.45) is 4.99 Å². The van der Waals surface area contributed by atoms with Gasteiger partial charge in [-0.25, -0.2) is 4.79 Å². The number of rotatable bonds is 12. The van der Waals surface area contributed by atoms with Gasteiger partial charge in [0.25, 0.3) is 0 Å². The molecule has 0 radical (unpaired) electrons. The summed E-state index contributed by atoms with van der Waals surface area (Å²) in [6, 6.07) is 5.33. The van der Waals surface area contributed by atoms with Gasteiger partial charge in [-0.1, -0.05) is 11.8 Å². The molecule has 1 aliphatic rings. The number of nitro groups is 1. The second-order valence-electron chi connectivity index (χ2n) is 7.52. The summed E-state index contributed by atoms with van der Waals surface area (Å²) in [5.41, 5.74) is 0.895. The number of carboxylic acid groups (broad SMARTS) is 1. The van der Waals surface area contributed by atoms with E-state index in [0.29, 0.717) is 30.4 Å². The van der Waals surface area contributed by atoms with Gasteiger partial charge in [0.15, 0.2) is 11.3 Å². The first kappa shape index (κ1) is 26.3. The van der Waals surface area contributed by atoms with Crippen LogP contribution in [0.2, 0.25) is 0 Å². The number of nitrogens with zero attached hydrogens (tertiary/aromatic N) is 5. The Kier molecular flexibility index (Phi) is 8.98. The molecule has 0 aliphatic carbocycles. The van der Waals surface area contributed by atoms with Crippen LogP contribution in [0.3, 0.4) is 0 Å². The average Bonchev–Trinajstić information content (AvgIpc) is 3.36. The summed E-state index contributed by atoms with van der Waals surface area (Å²) in [6.45, 7) is 1.36. The number of carbonyl (C=O) groups is 1. The summed E-state index contributed by atoms with van der Waals surface area (Å²) >= 11 is 2.56. The molecule has 12 nitrogen and oxygen atoms in total. The minimum atomic E-state index is -1.31. The van der Waals surface area contributed by atoms with E-state index in [2.05, 4.69) is 20.3 Å². The van der Waals surface area contributed by atoms with Gasteiger partial charge in [0.2, 0.25) is 0 Å². The first-order valence-electron chi connectivity index (χ1n) is 10.5. The monoisotopic (exact) mass is 522 g/mol. The van der Waals surface area contributed by atoms with E-state index in [9.17, 15) is 20.0 Å². The molecule has 0 amide bonds. The maximum Gasteiger partial charge on any atom is 0.392 e. The molecule has 2 heterocycles. The molecule has 0 bridgehead atoms. The summed E-state index contributed by atoms with van der Waals surface area (Å²) in [7, 11) is 3.72.